The third-order valence-electron chi connectivity index (χ3n) is 3.80. The van der Waals surface area contributed by atoms with E-state index in [9.17, 15) is 4.79 Å². The standard InChI is InChI=1S/C14H20N2OS/c17-14(15-11-5-6-11)7-9-16-8-1-3-12(16)13-4-2-10-18-13/h2,4,10-12H,1,3,5-9H2,(H,15,17). The zero-order chi connectivity index (χ0) is 12.4. The summed E-state index contributed by atoms with van der Waals surface area (Å²) in [5, 5.41) is 5.21. The average molecular weight is 264 g/mol. The van der Waals surface area contributed by atoms with Gasteiger partial charge in [-0.25, -0.2) is 0 Å². The van der Waals surface area contributed by atoms with Gasteiger partial charge in [0.1, 0.15) is 0 Å². The van der Waals surface area contributed by atoms with Crippen LogP contribution in [0.4, 0.5) is 0 Å². The molecule has 0 aromatic carbocycles. The molecule has 1 atom stereocenters. The molecule has 2 fully saturated rings. The van der Waals surface area contributed by atoms with Crippen molar-refractivity contribution < 1.29 is 4.79 Å². The van der Waals surface area contributed by atoms with E-state index in [2.05, 4.69) is 27.7 Å². The third-order valence-corrected chi connectivity index (χ3v) is 4.78. The van der Waals surface area contributed by atoms with E-state index < -0.39 is 0 Å². The van der Waals surface area contributed by atoms with E-state index in [0.717, 1.165) is 13.1 Å². The predicted octanol–water partition coefficient (Wildman–Crippen LogP) is 2.55. The summed E-state index contributed by atoms with van der Waals surface area (Å²) < 4.78 is 0. The quantitative estimate of drug-likeness (QED) is 0.886. The molecule has 1 saturated heterocycles. The largest absolute Gasteiger partial charge is 0.353 e. The van der Waals surface area contributed by atoms with Crippen LogP contribution in [0.1, 0.15) is 43.0 Å². The third kappa shape index (κ3) is 2.93. The van der Waals surface area contributed by atoms with E-state index in [4.69, 9.17) is 0 Å². The summed E-state index contributed by atoms with van der Waals surface area (Å²) >= 11 is 1.84. The Morgan fingerprint density at radius 3 is 3.06 bits per heavy atom. The molecule has 1 aromatic heterocycles. The van der Waals surface area contributed by atoms with Gasteiger partial charge in [0.25, 0.3) is 0 Å². The second-order valence-electron chi connectivity index (χ2n) is 5.30. The van der Waals surface area contributed by atoms with Gasteiger partial charge in [-0.05, 0) is 43.7 Å². The summed E-state index contributed by atoms with van der Waals surface area (Å²) in [5.74, 6) is 0.231. The molecule has 3 nitrogen and oxygen atoms in total. The van der Waals surface area contributed by atoms with E-state index in [0.29, 0.717) is 18.5 Å². The summed E-state index contributed by atoms with van der Waals surface area (Å²) in [4.78, 5) is 15.6. The summed E-state index contributed by atoms with van der Waals surface area (Å²) in [6.07, 6.45) is 5.50. The lowest BCUT2D eigenvalue weighted by molar-refractivity contribution is -0.121. The Morgan fingerprint density at radius 2 is 2.33 bits per heavy atom. The Kier molecular flexibility index (Phi) is 3.66. The van der Waals surface area contributed by atoms with Crippen LogP contribution in [0.25, 0.3) is 0 Å². The van der Waals surface area contributed by atoms with E-state index in [1.165, 1.54) is 30.6 Å². The Balaban J connectivity index is 1.50. The maximum atomic E-state index is 11.7. The Bertz CT molecular complexity index is 400. The van der Waals surface area contributed by atoms with Crippen LogP contribution in [-0.4, -0.2) is 29.9 Å². The van der Waals surface area contributed by atoms with Crippen molar-refractivity contribution >= 4 is 17.2 Å². The maximum Gasteiger partial charge on any atom is 0.221 e. The molecular weight excluding hydrogens is 244 g/mol. The van der Waals surface area contributed by atoms with Crippen LogP contribution in [0.3, 0.4) is 0 Å². The van der Waals surface area contributed by atoms with E-state index >= 15 is 0 Å². The molecule has 1 aliphatic carbocycles. The second-order valence-corrected chi connectivity index (χ2v) is 6.28. The summed E-state index contributed by atoms with van der Waals surface area (Å²) in [6, 6.07) is 5.39. The highest BCUT2D eigenvalue weighted by molar-refractivity contribution is 7.10. The molecule has 3 rings (SSSR count). The van der Waals surface area contributed by atoms with E-state index in [-0.39, 0.29) is 5.91 Å². The summed E-state index contributed by atoms with van der Waals surface area (Å²) in [6.45, 7) is 2.04. The fourth-order valence-electron chi connectivity index (χ4n) is 2.67. The summed E-state index contributed by atoms with van der Waals surface area (Å²) in [7, 11) is 0. The van der Waals surface area contributed by atoms with Gasteiger partial charge < -0.3 is 5.32 Å². The van der Waals surface area contributed by atoms with Gasteiger partial charge in [-0.2, -0.15) is 0 Å². The number of carbonyl (C=O) groups excluding carboxylic acids is 1. The number of nitrogens with zero attached hydrogens (tertiary/aromatic N) is 1. The molecule has 18 heavy (non-hydrogen) atoms. The van der Waals surface area contributed by atoms with Crippen molar-refractivity contribution in [2.75, 3.05) is 13.1 Å². The first kappa shape index (κ1) is 12.2. The van der Waals surface area contributed by atoms with Gasteiger partial charge in [0.05, 0.1) is 0 Å². The topological polar surface area (TPSA) is 32.3 Å². The van der Waals surface area contributed by atoms with Crippen molar-refractivity contribution in [3.05, 3.63) is 22.4 Å². The van der Waals surface area contributed by atoms with Crippen molar-refractivity contribution in [1.82, 2.24) is 10.2 Å². The lowest BCUT2D eigenvalue weighted by atomic mass is 10.2. The van der Waals surface area contributed by atoms with Crippen LogP contribution in [0.2, 0.25) is 0 Å². The van der Waals surface area contributed by atoms with Crippen molar-refractivity contribution in [3.8, 4) is 0 Å². The molecule has 1 N–H and O–H groups in total. The van der Waals surface area contributed by atoms with Crippen molar-refractivity contribution in [2.45, 2.75) is 44.2 Å². The van der Waals surface area contributed by atoms with Crippen LogP contribution in [-0.2, 0) is 4.79 Å². The first-order valence-electron chi connectivity index (χ1n) is 6.90. The van der Waals surface area contributed by atoms with Crippen LogP contribution >= 0.6 is 11.3 Å². The number of nitrogens with one attached hydrogen (secondary N) is 1. The molecule has 1 aromatic rings. The molecule has 98 valence electrons. The normalized spacial score (nSPS) is 24.3. The number of amides is 1. The number of likely N-dealkylation sites (tertiary alicyclic amines) is 1. The van der Waals surface area contributed by atoms with Gasteiger partial charge in [0.15, 0.2) is 0 Å². The fraction of sp³-hybridized carbons (Fsp3) is 0.643. The Labute approximate surface area is 112 Å². The van der Waals surface area contributed by atoms with Crippen LogP contribution in [0.15, 0.2) is 17.5 Å². The second kappa shape index (κ2) is 5.41. The Morgan fingerprint density at radius 1 is 1.44 bits per heavy atom. The Hall–Kier alpha value is -0.870. The SMILES string of the molecule is O=C(CCN1CCCC1c1cccs1)NC1CC1. The van der Waals surface area contributed by atoms with Gasteiger partial charge in [0, 0.05) is 29.9 Å². The van der Waals surface area contributed by atoms with Crippen molar-refractivity contribution in [2.24, 2.45) is 0 Å². The molecule has 0 radical (unpaired) electrons. The molecule has 1 unspecified atom stereocenters. The minimum Gasteiger partial charge on any atom is -0.353 e. The first-order valence-corrected chi connectivity index (χ1v) is 7.78. The minimum atomic E-state index is 0.231. The molecule has 1 saturated carbocycles. The number of hydrogen-bond donors (Lipinski definition) is 1. The van der Waals surface area contributed by atoms with Gasteiger partial charge >= 0.3 is 0 Å². The molecule has 2 heterocycles. The monoisotopic (exact) mass is 264 g/mol. The van der Waals surface area contributed by atoms with Crippen LogP contribution in [0.5, 0.6) is 0 Å². The van der Waals surface area contributed by atoms with Crippen molar-refractivity contribution in [1.29, 1.82) is 0 Å². The lowest BCUT2D eigenvalue weighted by Gasteiger charge is -2.23. The van der Waals surface area contributed by atoms with Gasteiger partial charge in [0.2, 0.25) is 5.91 Å². The highest BCUT2D eigenvalue weighted by Gasteiger charge is 2.28. The number of carbonyl (C=O) groups is 1. The van der Waals surface area contributed by atoms with Crippen LogP contribution in [0, 0.1) is 0 Å². The lowest BCUT2D eigenvalue weighted by Crippen LogP contribution is -2.31. The molecule has 1 aliphatic heterocycles. The first-order chi connectivity index (χ1) is 8.83. The number of thiophene rings is 1. The predicted molar refractivity (Wildman–Crippen MR) is 73.6 cm³/mol. The molecule has 4 heteroatoms. The fourth-order valence-corrected chi connectivity index (χ4v) is 3.56. The number of hydrogen-bond acceptors (Lipinski definition) is 3. The van der Waals surface area contributed by atoms with E-state index in [1.54, 1.807) is 0 Å². The molecular formula is C14H20N2OS. The zero-order valence-electron chi connectivity index (χ0n) is 10.6. The maximum absolute atomic E-state index is 11.7. The minimum absolute atomic E-state index is 0.231. The summed E-state index contributed by atoms with van der Waals surface area (Å²) in [5.41, 5.74) is 0. The zero-order valence-corrected chi connectivity index (χ0v) is 11.4. The number of rotatable bonds is 5. The van der Waals surface area contributed by atoms with Crippen LogP contribution < -0.4 is 5.32 Å². The molecule has 0 bridgehead atoms. The average Bonchev–Trinajstić information content (AvgIpc) is 2.86. The smallest absolute Gasteiger partial charge is 0.221 e. The van der Waals surface area contributed by atoms with Gasteiger partial charge in [-0.3, -0.25) is 9.69 Å². The highest BCUT2D eigenvalue weighted by Crippen LogP contribution is 2.34. The molecule has 1 amide bonds. The van der Waals surface area contributed by atoms with E-state index in [1.807, 2.05) is 11.3 Å². The highest BCUT2D eigenvalue weighted by atomic mass is 32.1. The van der Waals surface area contributed by atoms with Gasteiger partial charge in [-0.1, -0.05) is 6.07 Å². The van der Waals surface area contributed by atoms with Crippen molar-refractivity contribution in [3.63, 3.8) is 0 Å². The molecule has 2 aliphatic rings. The molecule has 0 spiro atoms. The van der Waals surface area contributed by atoms with Gasteiger partial charge in [-0.15, -0.1) is 11.3 Å².